The lowest BCUT2D eigenvalue weighted by molar-refractivity contribution is -0.141. The van der Waals surface area contributed by atoms with Crippen LogP contribution in [0.4, 0.5) is 0 Å². The van der Waals surface area contributed by atoms with Crippen LogP contribution >= 0.6 is 0 Å². The number of nitrogens with one attached hydrogen (secondary N) is 1. The Morgan fingerprint density at radius 2 is 1.89 bits per heavy atom. The van der Waals surface area contributed by atoms with Gasteiger partial charge in [0.05, 0.1) is 5.92 Å². The van der Waals surface area contributed by atoms with Gasteiger partial charge in [-0.25, -0.2) is 0 Å². The van der Waals surface area contributed by atoms with Gasteiger partial charge in [0, 0.05) is 12.0 Å². The highest BCUT2D eigenvalue weighted by Crippen LogP contribution is 2.40. The summed E-state index contributed by atoms with van der Waals surface area (Å²) in [5.74, 6) is -0.773. The number of aliphatic carboxylic acids is 1. The third-order valence-corrected chi connectivity index (χ3v) is 4.95. The molecule has 0 saturated heterocycles. The highest BCUT2D eigenvalue weighted by Gasteiger charge is 2.39. The molecule has 1 amide bonds. The molecule has 0 aromatic carbocycles. The first-order valence-electron chi connectivity index (χ1n) is 7.43. The number of amides is 1. The summed E-state index contributed by atoms with van der Waals surface area (Å²) in [5.41, 5.74) is 0.0765. The first-order chi connectivity index (χ1) is 8.90. The van der Waals surface area contributed by atoms with Crippen molar-refractivity contribution in [3.63, 3.8) is 0 Å². The molecule has 2 aliphatic rings. The van der Waals surface area contributed by atoms with Crippen molar-refractivity contribution < 1.29 is 14.7 Å². The van der Waals surface area contributed by atoms with Gasteiger partial charge in [-0.2, -0.15) is 0 Å². The van der Waals surface area contributed by atoms with Gasteiger partial charge in [-0.05, 0) is 37.5 Å². The summed E-state index contributed by atoms with van der Waals surface area (Å²) < 4.78 is 0. The molecule has 0 aromatic rings. The van der Waals surface area contributed by atoms with Crippen molar-refractivity contribution in [2.75, 3.05) is 0 Å². The van der Waals surface area contributed by atoms with E-state index in [0.717, 1.165) is 25.7 Å². The van der Waals surface area contributed by atoms with Crippen LogP contribution < -0.4 is 5.32 Å². The third-order valence-electron chi connectivity index (χ3n) is 4.95. The van der Waals surface area contributed by atoms with Crippen LogP contribution in [0.2, 0.25) is 0 Å². The van der Waals surface area contributed by atoms with Crippen molar-refractivity contribution >= 4 is 11.9 Å². The smallest absolute Gasteiger partial charge is 0.306 e. The highest BCUT2D eigenvalue weighted by atomic mass is 16.4. The maximum Gasteiger partial charge on any atom is 0.306 e. The molecule has 2 fully saturated rings. The average Bonchev–Trinajstić information content (AvgIpc) is 2.76. The molecule has 0 aromatic heterocycles. The van der Waals surface area contributed by atoms with Crippen LogP contribution in [0.3, 0.4) is 0 Å². The maximum atomic E-state index is 12.4. The number of carbonyl (C=O) groups is 2. The van der Waals surface area contributed by atoms with E-state index < -0.39 is 5.97 Å². The van der Waals surface area contributed by atoms with Crippen LogP contribution in [0.15, 0.2) is 0 Å². The van der Waals surface area contributed by atoms with E-state index in [-0.39, 0.29) is 29.2 Å². The second-order valence-electron chi connectivity index (χ2n) is 6.84. The lowest BCUT2D eigenvalue weighted by atomic mass is 9.68. The summed E-state index contributed by atoms with van der Waals surface area (Å²) in [5, 5.41) is 12.1. The molecule has 108 valence electrons. The van der Waals surface area contributed by atoms with Crippen molar-refractivity contribution in [3.8, 4) is 0 Å². The third kappa shape index (κ3) is 3.28. The number of carbonyl (C=O) groups excluding carboxylic acids is 1. The van der Waals surface area contributed by atoms with Crippen molar-refractivity contribution in [1.29, 1.82) is 0 Å². The van der Waals surface area contributed by atoms with Gasteiger partial charge in [0.2, 0.25) is 5.91 Å². The molecule has 0 heterocycles. The van der Waals surface area contributed by atoms with E-state index in [2.05, 4.69) is 19.2 Å². The van der Waals surface area contributed by atoms with Gasteiger partial charge in [0.1, 0.15) is 0 Å². The molecule has 0 aliphatic heterocycles. The summed E-state index contributed by atoms with van der Waals surface area (Å²) >= 11 is 0. The van der Waals surface area contributed by atoms with Gasteiger partial charge in [0.15, 0.2) is 0 Å². The number of hydrogen-bond acceptors (Lipinski definition) is 2. The molecule has 4 nitrogen and oxygen atoms in total. The SMILES string of the molecule is CC1(C)CCCCC1C(=O)N[C@H]1CC[C@@H](C(=O)O)C1. The van der Waals surface area contributed by atoms with E-state index in [1.807, 2.05) is 0 Å². The quantitative estimate of drug-likeness (QED) is 0.826. The van der Waals surface area contributed by atoms with Gasteiger partial charge in [-0.15, -0.1) is 0 Å². The Kier molecular flexibility index (Phi) is 4.16. The number of rotatable bonds is 3. The minimum atomic E-state index is -0.727. The van der Waals surface area contributed by atoms with Crippen LogP contribution in [-0.4, -0.2) is 23.0 Å². The molecule has 3 atom stereocenters. The van der Waals surface area contributed by atoms with Crippen LogP contribution in [-0.2, 0) is 9.59 Å². The van der Waals surface area contributed by atoms with E-state index in [0.29, 0.717) is 12.8 Å². The Hall–Kier alpha value is -1.06. The summed E-state index contributed by atoms with van der Waals surface area (Å²) in [6.45, 7) is 4.34. The summed E-state index contributed by atoms with van der Waals surface area (Å²) in [4.78, 5) is 23.3. The molecule has 0 spiro atoms. The Balaban J connectivity index is 1.89. The Morgan fingerprint density at radius 1 is 1.16 bits per heavy atom. The minimum absolute atomic E-state index is 0.0614. The van der Waals surface area contributed by atoms with E-state index in [4.69, 9.17) is 5.11 Å². The molecule has 2 rings (SSSR count). The molecule has 0 bridgehead atoms. The lowest BCUT2D eigenvalue weighted by Gasteiger charge is -2.38. The fraction of sp³-hybridized carbons (Fsp3) is 0.867. The first-order valence-corrected chi connectivity index (χ1v) is 7.43. The van der Waals surface area contributed by atoms with Crippen molar-refractivity contribution in [3.05, 3.63) is 0 Å². The summed E-state index contributed by atoms with van der Waals surface area (Å²) in [6.07, 6.45) is 6.49. The molecular formula is C15H25NO3. The van der Waals surface area contributed by atoms with Gasteiger partial charge in [-0.3, -0.25) is 9.59 Å². The zero-order valence-corrected chi connectivity index (χ0v) is 11.9. The van der Waals surface area contributed by atoms with Crippen molar-refractivity contribution in [1.82, 2.24) is 5.32 Å². The fourth-order valence-corrected chi connectivity index (χ4v) is 3.62. The average molecular weight is 267 g/mol. The second kappa shape index (κ2) is 5.51. The second-order valence-corrected chi connectivity index (χ2v) is 6.84. The van der Waals surface area contributed by atoms with Crippen molar-refractivity contribution in [2.24, 2.45) is 17.3 Å². The van der Waals surface area contributed by atoms with Crippen molar-refractivity contribution in [2.45, 2.75) is 64.8 Å². The summed E-state index contributed by atoms with van der Waals surface area (Å²) in [6, 6.07) is 0.0614. The predicted molar refractivity (Wildman–Crippen MR) is 72.6 cm³/mol. The standard InChI is InChI=1S/C15H25NO3/c1-15(2)8-4-3-5-12(15)13(17)16-11-7-6-10(9-11)14(18)19/h10-12H,3-9H2,1-2H3,(H,16,17)(H,18,19)/t10-,11+,12?/m1/s1. The minimum Gasteiger partial charge on any atom is -0.481 e. The largest absolute Gasteiger partial charge is 0.481 e. The monoisotopic (exact) mass is 267 g/mol. The fourth-order valence-electron chi connectivity index (χ4n) is 3.62. The molecule has 4 heteroatoms. The Labute approximate surface area is 115 Å². The van der Waals surface area contributed by atoms with E-state index in [1.54, 1.807) is 0 Å². The molecule has 0 radical (unpaired) electrons. The molecule has 2 aliphatic carbocycles. The van der Waals surface area contributed by atoms with Crippen LogP contribution in [0.1, 0.15) is 58.8 Å². The summed E-state index contributed by atoms with van der Waals surface area (Å²) in [7, 11) is 0. The Morgan fingerprint density at radius 3 is 2.47 bits per heavy atom. The van der Waals surface area contributed by atoms with Crippen LogP contribution in [0.25, 0.3) is 0 Å². The zero-order valence-electron chi connectivity index (χ0n) is 11.9. The molecule has 19 heavy (non-hydrogen) atoms. The Bertz CT molecular complexity index is 364. The number of carboxylic acids is 1. The zero-order chi connectivity index (χ0) is 14.0. The van der Waals surface area contributed by atoms with Crippen LogP contribution in [0, 0.1) is 17.3 Å². The molecule has 2 saturated carbocycles. The van der Waals surface area contributed by atoms with Crippen LogP contribution in [0.5, 0.6) is 0 Å². The van der Waals surface area contributed by atoms with Gasteiger partial charge < -0.3 is 10.4 Å². The maximum absolute atomic E-state index is 12.4. The van der Waals surface area contributed by atoms with E-state index in [1.165, 1.54) is 6.42 Å². The highest BCUT2D eigenvalue weighted by molar-refractivity contribution is 5.80. The number of hydrogen-bond donors (Lipinski definition) is 2. The van der Waals surface area contributed by atoms with Gasteiger partial charge >= 0.3 is 5.97 Å². The molecule has 2 N–H and O–H groups in total. The molecule has 1 unspecified atom stereocenters. The molecular weight excluding hydrogens is 242 g/mol. The predicted octanol–water partition coefficient (Wildman–Crippen LogP) is 2.57. The van der Waals surface area contributed by atoms with E-state index >= 15 is 0 Å². The topological polar surface area (TPSA) is 66.4 Å². The van der Waals surface area contributed by atoms with Gasteiger partial charge in [0.25, 0.3) is 0 Å². The lowest BCUT2D eigenvalue weighted by Crippen LogP contribution is -2.44. The number of carboxylic acid groups (broad SMARTS) is 1. The van der Waals surface area contributed by atoms with E-state index in [9.17, 15) is 9.59 Å². The first kappa shape index (κ1) is 14.4. The van der Waals surface area contributed by atoms with Gasteiger partial charge in [-0.1, -0.05) is 26.7 Å². The normalized spacial score (nSPS) is 33.9.